The molecule has 0 spiro atoms. The number of amides is 1. The summed E-state index contributed by atoms with van der Waals surface area (Å²) in [7, 11) is 0. The molecular formula is C21H13BrN4O4. The lowest BCUT2D eigenvalue weighted by Crippen LogP contribution is -2.35. The largest absolute Gasteiger partial charge is 0.280 e. The van der Waals surface area contributed by atoms with E-state index in [1.165, 1.54) is 18.2 Å². The molecule has 0 aliphatic heterocycles. The topological polar surface area (TPSA) is 107 Å². The summed E-state index contributed by atoms with van der Waals surface area (Å²) in [5.74, 6) is -0.429. The molecule has 0 unspecified atom stereocenters. The van der Waals surface area contributed by atoms with Gasteiger partial charge in [-0.15, -0.1) is 0 Å². The third kappa shape index (κ3) is 3.70. The van der Waals surface area contributed by atoms with Crippen LogP contribution in [0.5, 0.6) is 0 Å². The Labute approximate surface area is 178 Å². The van der Waals surface area contributed by atoms with Crippen molar-refractivity contribution in [2.75, 3.05) is 5.43 Å². The van der Waals surface area contributed by atoms with Crippen LogP contribution in [0, 0.1) is 10.1 Å². The molecular weight excluding hydrogens is 452 g/mol. The molecule has 148 valence electrons. The van der Waals surface area contributed by atoms with Crippen LogP contribution in [0.4, 0.5) is 5.69 Å². The van der Waals surface area contributed by atoms with Gasteiger partial charge in [-0.2, -0.15) is 4.68 Å². The molecule has 0 radical (unpaired) electrons. The van der Waals surface area contributed by atoms with E-state index in [-0.39, 0.29) is 17.1 Å². The molecule has 0 fully saturated rings. The standard InChI is InChI=1S/C21H13BrN4O4/c22-15-10-8-13(9-11-15)19-23-18-7-2-1-6-17(18)21(28)25(19)24-20(27)14-4-3-5-16(12-14)26(29)30/h1-12H,(H,24,27). The van der Waals surface area contributed by atoms with E-state index in [1.54, 1.807) is 48.5 Å². The number of fused-ring (bicyclic) bond motifs is 1. The average Bonchev–Trinajstić information content (AvgIpc) is 2.76. The van der Waals surface area contributed by atoms with E-state index in [0.29, 0.717) is 16.5 Å². The number of carbonyl (C=O) groups is 1. The number of nitro benzene ring substituents is 1. The molecule has 8 nitrogen and oxygen atoms in total. The van der Waals surface area contributed by atoms with Crippen molar-refractivity contribution in [3.8, 4) is 11.4 Å². The van der Waals surface area contributed by atoms with Crippen LogP contribution in [0.2, 0.25) is 0 Å². The molecule has 1 amide bonds. The summed E-state index contributed by atoms with van der Waals surface area (Å²) >= 11 is 3.37. The highest BCUT2D eigenvalue weighted by Crippen LogP contribution is 2.21. The normalized spacial score (nSPS) is 10.7. The van der Waals surface area contributed by atoms with E-state index in [9.17, 15) is 19.7 Å². The fourth-order valence-corrected chi connectivity index (χ4v) is 3.22. The smallest absolute Gasteiger partial charge is 0.267 e. The van der Waals surface area contributed by atoms with E-state index in [2.05, 4.69) is 26.3 Å². The van der Waals surface area contributed by atoms with Crippen molar-refractivity contribution >= 4 is 38.4 Å². The number of non-ortho nitro benzene ring substituents is 1. The van der Waals surface area contributed by atoms with E-state index in [0.717, 1.165) is 15.2 Å². The van der Waals surface area contributed by atoms with E-state index in [1.807, 2.05) is 0 Å². The molecule has 0 saturated carbocycles. The molecule has 4 aromatic rings. The molecule has 1 heterocycles. The fourth-order valence-electron chi connectivity index (χ4n) is 2.96. The molecule has 0 aliphatic carbocycles. The van der Waals surface area contributed by atoms with Gasteiger partial charge in [0, 0.05) is 27.7 Å². The third-order valence-electron chi connectivity index (χ3n) is 4.41. The first-order valence-corrected chi connectivity index (χ1v) is 9.57. The Bertz CT molecular complexity index is 1350. The molecule has 0 saturated heterocycles. The number of carbonyl (C=O) groups excluding carboxylic acids is 1. The molecule has 1 aromatic heterocycles. The molecule has 0 bridgehead atoms. The van der Waals surface area contributed by atoms with Gasteiger partial charge in [0.1, 0.15) is 0 Å². The maximum atomic E-state index is 13.1. The predicted octanol–water partition coefficient (Wildman–Crippen LogP) is 4.12. The number of hydrogen-bond donors (Lipinski definition) is 1. The van der Waals surface area contributed by atoms with Gasteiger partial charge < -0.3 is 0 Å². The average molecular weight is 465 g/mol. The Kier molecular flexibility index (Phi) is 5.11. The first kappa shape index (κ1) is 19.5. The number of hydrogen-bond acceptors (Lipinski definition) is 5. The number of nitrogens with zero attached hydrogens (tertiary/aromatic N) is 3. The van der Waals surface area contributed by atoms with Crippen molar-refractivity contribution in [1.29, 1.82) is 0 Å². The highest BCUT2D eigenvalue weighted by molar-refractivity contribution is 9.10. The highest BCUT2D eigenvalue weighted by Gasteiger charge is 2.17. The van der Waals surface area contributed by atoms with Crippen LogP contribution in [0.3, 0.4) is 0 Å². The first-order valence-electron chi connectivity index (χ1n) is 8.77. The van der Waals surface area contributed by atoms with Crippen LogP contribution in [0.25, 0.3) is 22.3 Å². The van der Waals surface area contributed by atoms with Crippen molar-refractivity contribution < 1.29 is 9.72 Å². The molecule has 0 atom stereocenters. The van der Waals surface area contributed by atoms with Crippen LogP contribution in [0.15, 0.2) is 82.1 Å². The van der Waals surface area contributed by atoms with Crippen LogP contribution in [-0.2, 0) is 0 Å². The zero-order chi connectivity index (χ0) is 21.3. The lowest BCUT2D eigenvalue weighted by Gasteiger charge is -2.14. The van der Waals surface area contributed by atoms with Gasteiger partial charge in [-0.3, -0.25) is 25.1 Å². The van der Waals surface area contributed by atoms with Crippen molar-refractivity contribution in [3.63, 3.8) is 0 Å². The van der Waals surface area contributed by atoms with Gasteiger partial charge in [0.2, 0.25) is 0 Å². The lowest BCUT2D eigenvalue weighted by atomic mass is 10.2. The lowest BCUT2D eigenvalue weighted by molar-refractivity contribution is -0.384. The van der Waals surface area contributed by atoms with Gasteiger partial charge in [-0.1, -0.05) is 46.3 Å². The minimum atomic E-state index is -0.670. The number of halogens is 1. The van der Waals surface area contributed by atoms with Crippen LogP contribution >= 0.6 is 15.9 Å². The summed E-state index contributed by atoms with van der Waals surface area (Å²) in [6.07, 6.45) is 0. The Hall–Kier alpha value is -3.85. The Morgan fingerprint density at radius 1 is 1.03 bits per heavy atom. The van der Waals surface area contributed by atoms with Gasteiger partial charge in [-0.25, -0.2) is 4.98 Å². The fraction of sp³-hybridized carbons (Fsp3) is 0. The Morgan fingerprint density at radius 2 is 1.77 bits per heavy atom. The number of para-hydroxylation sites is 1. The highest BCUT2D eigenvalue weighted by atomic mass is 79.9. The van der Waals surface area contributed by atoms with E-state index < -0.39 is 16.4 Å². The van der Waals surface area contributed by atoms with E-state index in [4.69, 9.17) is 0 Å². The van der Waals surface area contributed by atoms with Crippen molar-refractivity contribution in [2.45, 2.75) is 0 Å². The zero-order valence-corrected chi connectivity index (χ0v) is 16.9. The predicted molar refractivity (Wildman–Crippen MR) is 116 cm³/mol. The number of nitrogens with one attached hydrogen (secondary N) is 1. The summed E-state index contributed by atoms with van der Waals surface area (Å²) in [6.45, 7) is 0. The number of benzene rings is 3. The second-order valence-corrected chi connectivity index (χ2v) is 7.26. The minimum absolute atomic E-state index is 0.0472. The summed E-state index contributed by atoms with van der Waals surface area (Å²) in [4.78, 5) is 40.9. The molecule has 0 aliphatic rings. The first-order chi connectivity index (χ1) is 14.4. The second kappa shape index (κ2) is 7.88. The summed E-state index contributed by atoms with van der Waals surface area (Å²) in [6, 6.07) is 19.2. The SMILES string of the molecule is O=C(Nn1c(-c2ccc(Br)cc2)nc2ccccc2c1=O)c1cccc([N+](=O)[O-])c1. The van der Waals surface area contributed by atoms with Crippen LogP contribution in [-0.4, -0.2) is 20.5 Å². The van der Waals surface area contributed by atoms with Crippen molar-refractivity contribution in [1.82, 2.24) is 9.66 Å². The quantitative estimate of drug-likeness (QED) is 0.361. The zero-order valence-electron chi connectivity index (χ0n) is 15.3. The van der Waals surface area contributed by atoms with Crippen molar-refractivity contribution in [2.24, 2.45) is 0 Å². The summed E-state index contributed by atoms with van der Waals surface area (Å²) < 4.78 is 1.91. The monoisotopic (exact) mass is 464 g/mol. The molecule has 4 rings (SSSR count). The maximum absolute atomic E-state index is 13.1. The summed E-state index contributed by atoms with van der Waals surface area (Å²) in [5, 5.41) is 11.3. The van der Waals surface area contributed by atoms with Crippen LogP contribution in [0.1, 0.15) is 10.4 Å². The maximum Gasteiger partial charge on any atom is 0.280 e. The van der Waals surface area contributed by atoms with Crippen LogP contribution < -0.4 is 11.0 Å². The van der Waals surface area contributed by atoms with Gasteiger partial charge >= 0.3 is 0 Å². The van der Waals surface area contributed by atoms with E-state index >= 15 is 0 Å². The molecule has 9 heteroatoms. The Morgan fingerprint density at radius 3 is 2.50 bits per heavy atom. The van der Waals surface area contributed by atoms with Gasteiger partial charge in [0.15, 0.2) is 5.82 Å². The van der Waals surface area contributed by atoms with Gasteiger partial charge in [0.05, 0.1) is 15.8 Å². The molecule has 1 N–H and O–H groups in total. The van der Waals surface area contributed by atoms with Gasteiger partial charge in [-0.05, 0) is 30.3 Å². The number of nitro groups is 1. The van der Waals surface area contributed by atoms with Gasteiger partial charge in [0.25, 0.3) is 17.2 Å². The minimum Gasteiger partial charge on any atom is -0.267 e. The summed E-state index contributed by atoms with van der Waals surface area (Å²) in [5.41, 5.74) is 3.00. The van der Waals surface area contributed by atoms with Crippen molar-refractivity contribution in [3.05, 3.63) is 103 Å². The molecule has 3 aromatic carbocycles. The third-order valence-corrected chi connectivity index (χ3v) is 4.94. The Balaban J connectivity index is 1.85. The number of rotatable bonds is 4. The number of aromatic nitrogens is 2. The molecule has 30 heavy (non-hydrogen) atoms. The second-order valence-electron chi connectivity index (χ2n) is 6.35.